The van der Waals surface area contributed by atoms with Crippen molar-refractivity contribution in [3.05, 3.63) is 83.2 Å². The molecule has 1 saturated carbocycles. The number of ether oxygens (including phenoxy) is 2. The first-order chi connectivity index (χ1) is 19.5. The molecule has 4 aromatic rings. The Morgan fingerprint density at radius 2 is 1.90 bits per heavy atom. The van der Waals surface area contributed by atoms with Gasteiger partial charge in [-0.1, -0.05) is 30.7 Å². The first-order valence-electron chi connectivity index (χ1n) is 13.1. The second-order valence-electron chi connectivity index (χ2n) is 10.3. The van der Waals surface area contributed by atoms with Gasteiger partial charge in [-0.05, 0) is 54.8 Å². The molecule has 1 fully saturated rings. The number of alkyl halides is 2. The molecule has 3 aromatic carbocycles. The number of hydrogen-bond acceptors (Lipinski definition) is 7. The molecule has 0 saturated heterocycles. The summed E-state index contributed by atoms with van der Waals surface area (Å²) in [6, 6.07) is 15.1. The summed E-state index contributed by atoms with van der Waals surface area (Å²) in [7, 11) is -3.38. The second-order valence-corrected chi connectivity index (χ2v) is 12.4. The molecule has 0 spiro atoms. The highest BCUT2D eigenvalue weighted by Gasteiger charge is 2.44. The molecule has 2 aliphatic rings. The zero-order valence-corrected chi connectivity index (χ0v) is 22.8. The Hall–Kier alpha value is -4.03. The van der Waals surface area contributed by atoms with Crippen LogP contribution in [0.25, 0.3) is 11.0 Å². The van der Waals surface area contributed by atoms with Gasteiger partial charge in [0, 0.05) is 23.3 Å². The molecule has 1 amide bonds. The molecule has 1 aromatic heterocycles. The summed E-state index contributed by atoms with van der Waals surface area (Å²) in [5.74, 6) is 0.557. The zero-order valence-electron chi connectivity index (χ0n) is 22.0. The van der Waals surface area contributed by atoms with Gasteiger partial charge in [-0.3, -0.25) is 4.79 Å². The Balaban J connectivity index is 1.29. The molecule has 2 heterocycles. The van der Waals surface area contributed by atoms with Crippen LogP contribution in [-0.4, -0.2) is 48.1 Å². The van der Waals surface area contributed by atoms with Crippen molar-refractivity contribution < 1.29 is 36.6 Å². The number of nitrogens with one attached hydrogen (secondary N) is 1. The Morgan fingerprint density at radius 3 is 2.56 bits per heavy atom. The van der Waals surface area contributed by atoms with E-state index < -0.39 is 28.1 Å². The van der Waals surface area contributed by atoms with Crippen LogP contribution in [0.1, 0.15) is 58.5 Å². The van der Waals surface area contributed by atoms with Gasteiger partial charge >= 0.3 is 6.29 Å². The minimum Gasteiger partial charge on any atom is -0.395 e. The van der Waals surface area contributed by atoms with E-state index in [1.54, 1.807) is 42.5 Å². The van der Waals surface area contributed by atoms with Crippen LogP contribution < -0.4 is 14.8 Å². The number of rotatable bonds is 8. The van der Waals surface area contributed by atoms with Crippen molar-refractivity contribution >= 4 is 26.8 Å². The maximum atomic E-state index is 13.8. The van der Waals surface area contributed by atoms with Crippen molar-refractivity contribution in [2.24, 2.45) is 0 Å². The lowest BCUT2D eigenvalue weighted by atomic mass is 9.85. The number of aliphatic hydroxyl groups excluding tert-OH is 1. The third-order valence-electron chi connectivity index (χ3n) is 7.55. The molecule has 1 atom stereocenters. The van der Waals surface area contributed by atoms with Gasteiger partial charge in [-0.25, -0.2) is 13.4 Å². The van der Waals surface area contributed by atoms with Gasteiger partial charge in [0.15, 0.2) is 21.3 Å². The fourth-order valence-electron chi connectivity index (χ4n) is 5.18. The number of fused-ring (bicyclic) bond motifs is 2. The highest BCUT2D eigenvalue weighted by Crippen LogP contribution is 2.44. The summed E-state index contributed by atoms with van der Waals surface area (Å²) in [5.41, 5.74) is 2.71. The lowest BCUT2D eigenvalue weighted by Crippen LogP contribution is -2.30. The highest BCUT2D eigenvalue weighted by molar-refractivity contribution is 7.90. The smallest absolute Gasteiger partial charge is 0.395 e. The number of imidazole rings is 1. The SMILES string of the molecule is CS(=O)(=O)c1ccc(C(CO)NC(=O)c2ccc3c(c2)nc(C2CCC2)n3Cc2cccc3c2OC(F)(F)O3)cc1. The molecular weight excluding hydrogens is 556 g/mol. The van der Waals surface area contributed by atoms with Gasteiger partial charge in [0.05, 0.1) is 35.1 Å². The van der Waals surface area contributed by atoms with Gasteiger partial charge in [0.1, 0.15) is 5.82 Å². The maximum absolute atomic E-state index is 13.8. The number of carbonyl (C=O) groups excluding carboxylic acids is 1. The first-order valence-corrected chi connectivity index (χ1v) is 15.0. The van der Waals surface area contributed by atoms with Crippen molar-refractivity contribution in [3.8, 4) is 11.5 Å². The van der Waals surface area contributed by atoms with E-state index in [1.165, 1.54) is 18.2 Å². The number of carbonyl (C=O) groups is 1. The van der Waals surface area contributed by atoms with E-state index in [-0.39, 0.29) is 35.5 Å². The molecule has 0 bridgehead atoms. The fourth-order valence-corrected chi connectivity index (χ4v) is 5.81. The van der Waals surface area contributed by atoms with Gasteiger partial charge < -0.3 is 24.5 Å². The summed E-state index contributed by atoms with van der Waals surface area (Å²) in [5, 5.41) is 12.7. The van der Waals surface area contributed by atoms with E-state index >= 15 is 0 Å². The van der Waals surface area contributed by atoms with Crippen molar-refractivity contribution in [3.63, 3.8) is 0 Å². The predicted molar refractivity (Wildman–Crippen MR) is 145 cm³/mol. The van der Waals surface area contributed by atoms with Crippen LogP contribution in [0, 0.1) is 0 Å². The van der Waals surface area contributed by atoms with Crippen molar-refractivity contribution in [1.82, 2.24) is 14.9 Å². The van der Waals surface area contributed by atoms with E-state index in [0.717, 1.165) is 36.9 Å². The third-order valence-corrected chi connectivity index (χ3v) is 8.68. The topological polar surface area (TPSA) is 120 Å². The average molecular weight is 584 g/mol. The van der Waals surface area contributed by atoms with E-state index in [4.69, 9.17) is 9.72 Å². The van der Waals surface area contributed by atoms with Crippen molar-refractivity contribution in [2.45, 2.75) is 49.0 Å². The van der Waals surface area contributed by atoms with Crippen LogP contribution >= 0.6 is 0 Å². The zero-order chi connectivity index (χ0) is 28.9. The predicted octanol–water partition coefficient (Wildman–Crippen LogP) is 4.54. The molecular formula is C29H27F2N3O6S. The largest absolute Gasteiger partial charge is 0.586 e. The Labute approximate surface area is 234 Å². The van der Waals surface area contributed by atoms with E-state index in [9.17, 15) is 27.1 Å². The van der Waals surface area contributed by atoms with Gasteiger partial charge in [0.25, 0.3) is 5.91 Å². The van der Waals surface area contributed by atoms with Crippen molar-refractivity contribution in [1.29, 1.82) is 0 Å². The normalized spacial score (nSPS) is 16.9. The van der Waals surface area contributed by atoms with E-state index in [1.807, 2.05) is 4.57 Å². The van der Waals surface area contributed by atoms with Crippen LogP contribution in [-0.2, 0) is 16.4 Å². The lowest BCUT2D eigenvalue weighted by Gasteiger charge is -2.25. The number of para-hydroxylation sites is 1. The number of sulfone groups is 1. The molecule has 1 aliphatic carbocycles. The molecule has 1 unspecified atom stereocenters. The summed E-state index contributed by atoms with van der Waals surface area (Å²) >= 11 is 0. The number of hydrogen-bond donors (Lipinski definition) is 2. The van der Waals surface area contributed by atoms with Crippen LogP contribution in [0.2, 0.25) is 0 Å². The fraction of sp³-hybridized carbons (Fsp3) is 0.310. The summed E-state index contributed by atoms with van der Waals surface area (Å²) < 4.78 is 62.5. The lowest BCUT2D eigenvalue weighted by molar-refractivity contribution is -0.286. The third kappa shape index (κ3) is 5.24. The number of aromatic nitrogens is 2. The standard InChI is InChI=1S/C29H27F2N3O6S/c1-41(37,38)21-11-8-17(9-12-21)23(16-35)33-28(36)19-10-13-24-22(14-19)32-27(18-4-2-5-18)34(24)15-20-6-3-7-25-26(20)40-29(30,31)39-25/h3,6-14,18,23,35H,2,4-5,15-16H2,1H3,(H,33,36). The Morgan fingerprint density at radius 1 is 1.15 bits per heavy atom. The molecule has 6 rings (SSSR count). The van der Waals surface area contributed by atoms with Gasteiger partial charge in [-0.2, -0.15) is 0 Å². The highest BCUT2D eigenvalue weighted by atomic mass is 32.2. The van der Waals surface area contributed by atoms with Gasteiger partial charge in [0.2, 0.25) is 0 Å². The number of halogens is 2. The van der Waals surface area contributed by atoms with Gasteiger partial charge in [-0.15, -0.1) is 8.78 Å². The Bertz CT molecular complexity index is 1750. The quantitative estimate of drug-likeness (QED) is 0.313. The van der Waals surface area contributed by atoms with Crippen LogP contribution in [0.5, 0.6) is 11.5 Å². The number of amides is 1. The van der Waals surface area contributed by atoms with Crippen LogP contribution in [0.15, 0.2) is 65.6 Å². The second kappa shape index (κ2) is 10.1. The number of nitrogens with zero attached hydrogens (tertiary/aromatic N) is 2. The minimum absolute atomic E-state index is 0.00507. The molecule has 2 N–H and O–H groups in total. The monoisotopic (exact) mass is 583 g/mol. The van der Waals surface area contributed by atoms with Crippen LogP contribution in [0.3, 0.4) is 0 Å². The average Bonchev–Trinajstić information content (AvgIpc) is 3.41. The van der Waals surface area contributed by atoms with Crippen molar-refractivity contribution in [2.75, 3.05) is 12.9 Å². The molecule has 0 radical (unpaired) electrons. The Kier molecular flexibility index (Phi) is 6.69. The first kappa shape index (κ1) is 27.2. The molecule has 9 nitrogen and oxygen atoms in total. The van der Waals surface area contributed by atoms with Crippen LogP contribution in [0.4, 0.5) is 8.78 Å². The summed E-state index contributed by atoms with van der Waals surface area (Å²) in [4.78, 5) is 18.2. The van der Waals surface area contributed by atoms with E-state index in [2.05, 4.69) is 10.1 Å². The number of aliphatic hydroxyl groups is 1. The summed E-state index contributed by atoms with van der Waals surface area (Å²) in [6.07, 6.45) is 0.360. The molecule has 41 heavy (non-hydrogen) atoms. The summed E-state index contributed by atoms with van der Waals surface area (Å²) in [6.45, 7) is -0.161. The minimum atomic E-state index is -3.73. The molecule has 1 aliphatic heterocycles. The molecule has 214 valence electrons. The number of benzene rings is 3. The molecule has 12 heteroatoms. The van der Waals surface area contributed by atoms with E-state index in [0.29, 0.717) is 22.2 Å². The maximum Gasteiger partial charge on any atom is 0.586 e.